The maximum absolute atomic E-state index is 4.56. The molecule has 0 saturated carbocycles. The highest BCUT2D eigenvalue weighted by molar-refractivity contribution is 14.1. The highest BCUT2D eigenvalue weighted by Crippen LogP contribution is 2.22. The number of hydrogen-bond donors (Lipinski definition) is 0. The summed E-state index contributed by atoms with van der Waals surface area (Å²) >= 11 is 2.37. The summed E-state index contributed by atoms with van der Waals surface area (Å²) in [6.07, 6.45) is 2.32. The van der Waals surface area contributed by atoms with E-state index >= 15 is 0 Å². The van der Waals surface area contributed by atoms with Gasteiger partial charge in [-0.15, -0.1) is 0 Å². The molecule has 3 heteroatoms. The van der Waals surface area contributed by atoms with Gasteiger partial charge in [-0.1, -0.05) is 13.8 Å². The van der Waals surface area contributed by atoms with Crippen LogP contribution in [0.25, 0.3) is 0 Å². The smallest absolute Gasteiger partial charge is 0.0730 e. The van der Waals surface area contributed by atoms with Crippen LogP contribution in [0.4, 0.5) is 0 Å². The Morgan fingerprint density at radius 1 is 1.31 bits per heavy atom. The Labute approximate surface area is 93.9 Å². The second kappa shape index (κ2) is 4.44. The van der Waals surface area contributed by atoms with E-state index in [1.54, 1.807) is 0 Å². The Kier molecular flexibility index (Phi) is 3.76. The Balaban J connectivity index is 3.06. The molecule has 1 aromatic rings. The highest BCUT2D eigenvalue weighted by atomic mass is 127. The van der Waals surface area contributed by atoms with Gasteiger partial charge in [0.1, 0.15) is 0 Å². The predicted molar refractivity (Wildman–Crippen MR) is 64.0 cm³/mol. The largest absolute Gasteiger partial charge is 0.265 e. The molecule has 0 aliphatic heterocycles. The Morgan fingerprint density at radius 2 is 1.85 bits per heavy atom. The van der Waals surface area contributed by atoms with E-state index in [1.165, 1.54) is 9.26 Å². The van der Waals surface area contributed by atoms with Crippen molar-refractivity contribution < 1.29 is 0 Å². The number of aryl methyl sites for hydroxylation is 1. The summed E-state index contributed by atoms with van der Waals surface area (Å²) in [5.74, 6) is 0. The standard InChI is InChI=1S/C10H17IN2/c1-5-9(6-2)13-8(4)10(11)7(3)12-13/h9H,5-6H2,1-4H3. The van der Waals surface area contributed by atoms with Gasteiger partial charge in [0.05, 0.1) is 15.3 Å². The van der Waals surface area contributed by atoms with E-state index in [4.69, 9.17) is 0 Å². The number of nitrogens with zero attached hydrogens (tertiary/aromatic N) is 2. The third-order valence-electron chi connectivity index (χ3n) is 2.53. The number of hydrogen-bond acceptors (Lipinski definition) is 1. The fourth-order valence-corrected chi connectivity index (χ4v) is 1.99. The molecular weight excluding hydrogens is 275 g/mol. The van der Waals surface area contributed by atoms with E-state index in [9.17, 15) is 0 Å². The van der Waals surface area contributed by atoms with Crippen molar-refractivity contribution in [3.8, 4) is 0 Å². The van der Waals surface area contributed by atoms with Crippen LogP contribution >= 0.6 is 22.6 Å². The summed E-state index contributed by atoms with van der Waals surface area (Å²) in [5, 5.41) is 4.56. The van der Waals surface area contributed by atoms with Gasteiger partial charge in [-0.3, -0.25) is 4.68 Å². The molecule has 0 aliphatic rings. The molecule has 0 aliphatic carbocycles. The van der Waals surface area contributed by atoms with Crippen LogP contribution in [0, 0.1) is 17.4 Å². The quantitative estimate of drug-likeness (QED) is 0.780. The van der Waals surface area contributed by atoms with E-state index in [1.807, 2.05) is 0 Å². The molecule has 1 heterocycles. The molecule has 1 aromatic heterocycles. The first-order valence-electron chi connectivity index (χ1n) is 4.83. The average molecular weight is 292 g/mol. The maximum atomic E-state index is 4.56. The lowest BCUT2D eigenvalue weighted by atomic mass is 10.2. The number of aromatic nitrogens is 2. The molecule has 0 N–H and O–H groups in total. The van der Waals surface area contributed by atoms with E-state index in [2.05, 4.69) is 60.1 Å². The van der Waals surface area contributed by atoms with Crippen molar-refractivity contribution in [2.75, 3.05) is 0 Å². The average Bonchev–Trinajstić information content (AvgIpc) is 2.36. The minimum Gasteiger partial charge on any atom is -0.265 e. The fourth-order valence-electron chi connectivity index (χ4n) is 1.63. The second-order valence-electron chi connectivity index (χ2n) is 3.40. The van der Waals surface area contributed by atoms with Crippen molar-refractivity contribution in [2.24, 2.45) is 0 Å². The molecule has 1 rings (SSSR count). The number of rotatable bonds is 3. The molecule has 0 saturated heterocycles. The molecule has 0 aromatic carbocycles. The van der Waals surface area contributed by atoms with Gasteiger partial charge in [0.15, 0.2) is 0 Å². The molecule has 0 bridgehead atoms. The first kappa shape index (κ1) is 11.0. The molecule has 0 unspecified atom stereocenters. The molecule has 0 amide bonds. The van der Waals surface area contributed by atoms with Crippen molar-refractivity contribution in [1.29, 1.82) is 0 Å². The topological polar surface area (TPSA) is 17.8 Å². The van der Waals surface area contributed by atoms with Gasteiger partial charge in [-0.05, 0) is 49.3 Å². The van der Waals surface area contributed by atoms with Gasteiger partial charge in [0.25, 0.3) is 0 Å². The van der Waals surface area contributed by atoms with Crippen LogP contribution in [0.15, 0.2) is 0 Å². The molecule has 0 atom stereocenters. The molecule has 0 spiro atoms. The SMILES string of the molecule is CCC(CC)n1nc(C)c(I)c1C. The molecule has 0 fully saturated rings. The third kappa shape index (κ3) is 2.06. The summed E-state index contributed by atoms with van der Waals surface area (Å²) in [6, 6.07) is 0.571. The predicted octanol–water partition coefficient (Wildman–Crippen LogP) is 3.47. The van der Waals surface area contributed by atoms with Crippen LogP contribution in [0.3, 0.4) is 0 Å². The first-order valence-corrected chi connectivity index (χ1v) is 5.90. The minimum atomic E-state index is 0.571. The molecule has 13 heavy (non-hydrogen) atoms. The minimum absolute atomic E-state index is 0.571. The van der Waals surface area contributed by atoms with Gasteiger partial charge >= 0.3 is 0 Å². The van der Waals surface area contributed by atoms with Gasteiger partial charge < -0.3 is 0 Å². The monoisotopic (exact) mass is 292 g/mol. The Hall–Kier alpha value is -0.0600. The van der Waals surface area contributed by atoms with Gasteiger partial charge in [-0.25, -0.2) is 0 Å². The van der Waals surface area contributed by atoms with Gasteiger partial charge in [0, 0.05) is 5.69 Å². The summed E-state index contributed by atoms with van der Waals surface area (Å²) in [5.41, 5.74) is 2.47. The zero-order valence-electron chi connectivity index (χ0n) is 8.76. The fraction of sp³-hybridized carbons (Fsp3) is 0.700. The van der Waals surface area contributed by atoms with Crippen LogP contribution in [0.1, 0.15) is 44.1 Å². The second-order valence-corrected chi connectivity index (χ2v) is 4.48. The summed E-state index contributed by atoms with van der Waals surface area (Å²) in [7, 11) is 0. The Bertz CT molecular complexity index is 287. The molecule has 74 valence electrons. The molecule has 2 nitrogen and oxygen atoms in total. The first-order chi connectivity index (χ1) is 6.11. The maximum Gasteiger partial charge on any atom is 0.0730 e. The van der Waals surface area contributed by atoms with E-state index in [-0.39, 0.29) is 0 Å². The van der Waals surface area contributed by atoms with Crippen molar-refractivity contribution in [2.45, 2.75) is 46.6 Å². The van der Waals surface area contributed by atoms with Crippen LogP contribution in [-0.2, 0) is 0 Å². The third-order valence-corrected chi connectivity index (χ3v) is 4.09. The van der Waals surface area contributed by atoms with E-state index < -0.39 is 0 Å². The summed E-state index contributed by atoms with van der Waals surface area (Å²) < 4.78 is 3.49. The van der Waals surface area contributed by atoms with Crippen LogP contribution in [0.2, 0.25) is 0 Å². The van der Waals surface area contributed by atoms with Crippen molar-refractivity contribution in [3.63, 3.8) is 0 Å². The van der Waals surface area contributed by atoms with Crippen molar-refractivity contribution >= 4 is 22.6 Å². The summed E-state index contributed by atoms with van der Waals surface area (Å²) in [6.45, 7) is 8.67. The van der Waals surface area contributed by atoms with Crippen molar-refractivity contribution in [3.05, 3.63) is 15.0 Å². The van der Waals surface area contributed by atoms with Gasteiger partial charge in [0.2, 0.25) is 0 Å². The molecular formula is C10H17IN2. The van der Waals surface area contributed by atoms with E-state index in [0.717, 1.165) is 18.5 Å². The van der Waals surface area contributed by atoms with Gasteiger partial charge in [-0.2, -0.15) is 5.10 Å². The van der Waals surface area contributed by atoms with E-state index in [0.29, 0.717) is 6.04 Å². The number of halogens is 1. The highest BCUT2D eigenvalue weighted by Gasteiger charge is 2.14. The lowest BCUT2D eigenvalue weighted by Gasteiger charge is -2.14. The zero-order chi connectivity index (χ0) is 10.0. The van der Waals surface area contributed by atoms with Crippen LogP contribution < -0.4 is 0 Å². The lowest BCUT2D eigenvalue weighted by Crippen LogP contribution is -2.10. The van der Waals surface area contributed by atoms with Crippen LogP contribution in [-0.4, -0.2) is 9.78 Å². The summed E-state index contributed by atoms with van der Waals surface area (Å²) in [4.78, 5) is 0. The lowest BCUT2D eigenvalue weighted by molar-refractivity contribution is 0.418. The van der Waals surface area contributed by atoms with Crippen molar-refractivity contribution in [1.82, 2.24) is 9.78 Å². The molecule has 0 radical (unpaired) electrons. The zero-order valence-corrected chi connectivity index (χ0v) is 10.9. The Morgan fingerprint density at radius 3 is 2.15 bits per heavy atom. The van der Waals surface area contributed by atoms with Crippen LogP contribution in [0.5, 0.6) is 0 Å². The normalized spacial score (nSPS) is 11.2.